The molecule has 4 nitrogen and oxygen atoms in total. The molecule has 2 rings (SSSR count). The van der Waals surface area contributed by atoms with E-state index in [-0.39, 0.29) is 11.8 Å². The minimum Gasteiger partial charge on any atom is -0.326 e. The number of anilines is 1. The predicted molar refractivity (Wildman–Crippen MR) is 78.1 cm³/mol. The van der Waals surface area contributed by atoms with Crippen molar-refractivity contribution in [1.29, 1.82) is 0 Å². The first-order chi connectivity index (χ1) is 9.16. The Kier molecular flexibility index (Phi) is 4.93. The van der Waals surface area contributed by atoms with Crippen LogP contribution in [-0.4, -0.2) is 38.0 Å². The molecule has 0 spiro atoms. The lowest BCUT2D eigenvalue weighted by Crippen LogP contribution is -2.37. The number of piperidine rings is 1. The highest BCUT2D eigenvalue weighted by Gasteiger charge is 2.21. The van der Waals surface area contributed by atoms with Crippen LogP contribution in [0.1, 0.15) is 18.4 Å². The fraction of sp³-hybridized carbons (Fsp3) is 0.533. The molecule has 1 atom stereocenters. The second-order valence-corrected chi connectivity index (χ2v) is 5.43. The third kappa shape index (κ3) is 4.04. The van der Waals surface area contributed by atoms with Crippen LogP contribution in [0.4, 0.5) is 5.69 Å². The number of carbonyl (C=O) groups excluding carboxylic acids is 1. The number of benzene rings is 1. The molecule has 1 aliphatic heterocycles. The quantitative estimate of drug-likeness (QED) is 0.867. The lowest BCUT2D eigenvalue weighted by Gasteiger charge is -2.23. The van der Waals surface area contributed by atoms with Gasteiger partial charge in [-0.25, -0.2) is 0 Å². The first-order valence-corrected chi connectivity index (χ1v) is 6.91. The summed E-state index contributed by atoms with van der Waals surface area (Å²) in [6, 6.07) is 8.02. The van der Waals surface area contributed by atoms with Gasteiger partial charge in [-0.1, -0.05) is 18.2 Å². The molecule has 0 bridgehead atoms. The smallest absolute Gasteiger partial charge is 0.228 e. The van der Waals surface area contributed by atoms with E-state index in [9.17, 15) is 4.79 Å². The summed E-state index contributed by atoms with van der Waals surface area (Å²) in [5.41, 5.74) is 2.09. The van der Waals surface area contributed by atoms with Gasteiger partial charge in [0.25, 0.3) is 0 Å². The molecule has 0 aliphatic carbocycles. The van der Waals surface area contributed by atoms with Gasteiger partial charge >= 0.3 is 0 Å². The summed E-state index contributed by atoms with van der Waals surface area (Å²) in [6.45, 7) is 2.65. The summed E-state index contributed by atoms with van der Waals surface area (Å²) in [6.07, 6.45) is 2.06. The van der Waals surface area contributed by atoms with Crippen molar-refractivity contribution in [2.45, 2.75) is 19.4 Å². The molecule has 4 heteroatoms. The van der Waals surface area contributed by atoms with Crippen LogP contribution < -0.4 is 10.6 Å². The van der Waals surface area contributed by atoms with Gasteiger partial charge in [-0.15, -0.1) is 0 Å². The van der Waals surface area contributed by atoms with Crippen LogP contribution in [0.2, 0.25) is 0 Å². The van der Waals surface area contributed by atoms with Gasteiger partial charge in [0, 0.05) is 18.8 Å². The highest BCUT2D eigenvalue weighted by molar-refractivity contribution is 5.93. The van der Waals surface area contributed by atoms with E-state index in [0.29, 0.717) is 0 Å². The Morgan fingerprint density at radius 1 is 1.42 bits per heavy atom. The van der Waals surface area contributed by atoms with Crippen molar-refractivity contribution >= 4 is 11.6 Å². The summed E-state index contributed by atoms with van der Waals surface area (Å²) in [7, 11) is 4.06. The summed E-state index contributed by atoms with van der Waals surface area (Å²) >= 11 is 0. The summed E-state index contributed by atoms with van der Waals surface area (Å²) < 4.78 is 0. The zero-order chi connectivity index (χ0) is 13.7. The van der Waals surface area contributed by atoms with Crippen molar-refractivity contribution in [2.75, 3.05) is 32.5 Å². The Labute approximate surface area is 115 Å². The SMILES string of the molecule is CN(C)Cc1ccccc1NC(=O)[C@@H]1CCCNC1. The van der Waals surface area contributed by atoms with Crippen molar-refractivity contribution in [2.24, 2.45) is 5.92 Å². The molecule has 1 aliphatic rings. The molecule has 1 aromatic rings. The van der Waals surface area contributed by atoms with Crippen LogP contribution in [0.15, 0.2) is 24.3 Å². The highest BCUT2D eigenvalue weighted by atomic mass is 16.1. The fourth-order valence-corrected chi connectivity index (χ4v) is 2.43. The summed E-state index contributed by atoms with van der Waals surface area (Å²) in [5.74, 6) is 0.236. The molecule has 1 saturated heterocycles. The molecule has 1 amide bonds. The first-order valence-electron chi connectivity index (χ1n) is 6.91. The van der Waals surface area contributed by atoms with Crippen molar-refractivity contribution < 1.29 is 4.79 Å². The Balaban J connectivity index is 2.03. The lowest BCUT2D eigenvalue weighted by molar-refractivity contribution is -0.120. The van der Waals surface area contributed by atoms with E-state index in [1.807, 2.05) is 32.3 Å². The molecule has 1 fully saturated rings. The Hall–Kier alpha value is -1.39. The van der Waals surface area contributed by atoms with Crippen molar-refractivity contribution in [3.8, 4) is 0 Å². The first kappa shape index (κ1) is 14.0. The Morgan fingerprint density at radius 3 is 2.89 bits per heavy atom. The monoisotopic (exact) mass is 261 g/mol. The lowest BCUT2D eigenvalue weighted by atomic mass is 9.98. The van der Waals surface area contributed by atoms with E-state index >= 15 is 0 Å². The molecule has 0 unspecified atom stereocenters. The molecule has 0 saturated carbocycles. The molecule has 19 heavy (non-hydrogen) atoms. The number of hydrogen-bond acceptors (Lipinski definition) is 3. The van der Waals surface area contributed by atoms with Crippen LogP contribution in [0, 0.1) is 5.92 Å². The van der Waals surface area contributed by atoms with Crippen LogP contribution in [0.5, 0.6) is 0 Å². The van der Waals surface area contributed by atoms with Gasteiger partial charge in [0.05, 0.1) is 5.92 Å². The standard InChI is InChI=1S/C15H23N3O/c1-18(2)11-13-6-3-4-8-14(13)17-15(19)12-7-5-9-16-10-12/h3-4,6,8,12,16H,5,7,9-11H2,1-2H3,(H,17,19)/t12-/m1/s1. The predicted octanol–water partition coefficient (Wildman–Crippen LogP) is 1.69. The van der Waals surface area contributed by atoms with Crippen molar-refractivity contribution in [1.82, 2.24) is 10.2 Å². The summed E-state index contributed by atoms with van der Waals surface area (Å²) in [4.78, 5) is 14.3. The molecule has 104 valence electrons. The largest absolute Gasteiger partial charge is 0.326 e. The minimum atomic E-state index is 0.0983. The third-order valence-corrected chi connectivity index (χ3v) is 3.43. The Morgan fingerprint density at radius 2 is 2.21 bits per heavy atom. The number of carbonyl (C=O) groups is 1. The maximum Gasteiger partial charge on any atom is 0.228 e. The van der Waals surface area contributed by atoms with Gasteiger partial charge in [-0.2, -0.15) is 0 Å². The third-order valence-electron chi connectivity index (χ3n) is 3.43. The molecule has 2 N–H and O–H groups in total. The van der Waals surface area contributed by atoms with E-state index in [2.05, 4.69) is 21.6 Å². The van der Waals surface area contributed by atoms with E-state index < -0.39 is 0 Å². The molecule has 1 aromatic carbocycles. The van der Waals surface area contributed by atoms with Gasteiger partial charge < -0.3 is 15.5 Å². The number of hydrogen-bond donors (Lipinski definition) is 2. The maximum absolute atomic E-state index is 12.2. The van der Waals surface area contributed by atoms with E-state index in [4.69, 9.17) is 0 Å². The molecular weight excluding hydrogens is 238 g/mol. The van der Waals surface area contributed by atoms with Crippen LogP contribution in [0.3, 0.4) is 0 Å². The zero-order valence-corrected chi connectivity index (χ0v) is 11.8. The van der Waals surface area contributed by atoms with Crippen LogP contribution in [-0.2, 0) is 11.3 Å². The number of amides is 1. The van der Waals surface area contributed by atoms with Gasteiger partial charge in [-0.3, -0.25) is 4.79 Å². The number of nitrogens with one attached hydrogen (secondary N) is 2. The number of nitrogens with zero attached hydrogens (tertiary/aromatic N) is 1. The van der Waals surface area contributed by atoms with Gasteiger partial charge in [0.1, 0.15) is 0 Å². The molecule has 0 aromatic heterocycles. The minimum absolute atomic E-state index is 0.0983. The average molecular weight is 261 g/mol. The summed E-state index contributed by atoms with van der Waals surface area (Å²) in [5, 5.41) is 6.36. The maximum atomic E-state index is 12.2. The molecular formula is C15H23N3O. The van der Waals surface area contributed by atoms with E-state index in [1.165, 1.54) is 0 Å². The van der Waals surface area contributed by atoms with Gasteiger partial charge in [0.15, 0.2) is 0 Å². The van der Waals surface area contributed by atoms with E-state index in [1.54, 1.807) is 0 Å². The second-order valence-electron chi connectivity index (χ2n) is 5.43. The van der Waals surface area contributed by atoms with Crippen molar-refractivity contribution in [3.63, 3.8) is 0 Å². The van der Waals surface area contributed by atoms with Gasteiger partial charge in [-0.05, 0) is 45.1 Å². The second kappa shape index (κ2) is 6.68. The topological polar surface area (TPSA) is 44.4 Å². The number of para-hydroxylation sites is 1. The van der Waals surface area contributed by atoms with Crippen molar-refractivity contribution in [3.05, 3.63) is 29.8 Å². The molecule has 0 radical (unpaired) electrons. The van der Waals surface area contributed by atoms with E-state index in [0.717, 1.165) is 43.7 Å². The fourth-order valence-electron chi connectivity index (χ4n) is 2.43. The van der Waals surface area contributed by atoms with Crippen LogP contribution >= 0.6 is 0 Å². The number of rotatable bonds is 4. The zero-order valence-electron chi connectivity index (χ0n) is 11.8. The Bertz CT molecular complexity index is 425. The molecule has 1 heterocycles. The normalized spacial score (nSPS) is 19.4. The van der Waals surface area contributed by atoms with Crippen LogP contribution in [0.25, 0.3) is 0 Å². The van der Waals surface area contributed by atoms with Gasteiger partial charge in [0.2, 0.25) is 5.91 Å². The average Bonchev–Trinajstić information content (AvgIpc) is 2.41. The highest BCUT2D eigenvalue weighted by Crippen LogP contribution is 2.19.